The van der Waals surface area contributed by atoms with Gasteiger partial charge in [0.1, 0.15) is 0 Å². The van der Waals surface area contributed by atoms with E-state index in [1.807, 2.05) is 11.3 Å². The van der Waals surface area contributed by atoms with Crippen LogP contribution >= 0.6 is 11.3 Å². The van der Waals surface area contributed by atoms with Crippen molar-refractivity contribution in [3.63, 3.8) is 0 Å². The maximum Gasteiger partial charge on any atom is 0.186 e. The number of nitrogens with one attached hydrogen (secondary N) is 1. The first-order valence-electron chi connectivity index (χ1n) is 8.38. The van der Waals surface area contributed by atoms with Gasteiger partial charge in [0.05, 0.1) is 5.69 Å². The van der Waals surface area contributed by atoms with Crippen LogP contribution in [0.1, 0.15) is 70.9 Å². The molecule has 0 atom stereocenters. The van der Waals surface area contributed by atoms with Crippen molar-refractivity contribution < 1.29 is 0 Å². The molecule has 0 spiro atoms. The van der Waals surface area contributed by atoms with Crippen LogP contribution in [0, 0.1) is 5.92 Å². The number of nitrogens with zero attached hydrogens (tertiary/aromatic N) is 2. The van der Waals surface area contributed by atoms with E-state index in [0.29, 0.717) is 18.0 Å². The average molecular weight is 310 g/mol. The summed E-state index contributed by atoms with van der Waals surface area (Å²) in [6, 6.07) is 1.05. The Balaban J connectivity index is 2.19. The van der Waals surface area contributed by atoms with E-state index in [9.17, 15) is 0 Å². The fraction of sp³-hybridized carbons (Fsp3) is 0.824. The zero-order valence-electron chi connectivity index (χ0n) is 14.4. The standard InChI is InChI=1S/C17H31N3S/c1-11(2)16-15(9-18-12(3)4)21-17(19-16)20(13(5)6)10-14-7-8-14/h11-14,18H,7-10H2,1-6H3. The topological polar surface area (TPSA) is 28.2 Å². The lowest BCUT2D eigenvalue weighted by Gasteiger charge is -2.26. The highest BCUT2D eigenvalue weighted by Crippen LogP contribution is 2.36. The van der Waals surface area contributed by atoms with Crippen molar-refractivity contribution in [3.8, 4) is 0 Å². The van der Waals surface area contributed by atoms with Gasteiger partial charge in [-0.1, -0.05) is 27.7 Å². The Kier molecular flexibility index (Phi) is 5.67. The fourth-order valence-corrected chi connectivity index (χ4v) is 3.74. The first-order valence-corrected chi connectivity index (χ1v) is 9.19. The molecule has 2 rings (SSSR count). The Morgan fingerprint density at radius 2 is 1.86 bits per heavy atom. The van der Waals surface area contributed by atoms with Gasteiger partial charge < -0.3 is 10.2 Å². The quantitative estimate of drug-likeness (QED) is 0.772. The fourth-order valence-electron chi connectivity index (χ4n) is 2.44. The molecule has 1 N–H and O–H groups in total. The summed E-state index contributed by atoms with van der Waals surface area (Å²) in [6.07, 6.45) is 2.79. The van der Waals surface area contributed by atoms with Gasteiger partial charge in [-0.05, 0) is 38.5 Å². The molecule has 0 saturated heterocycles. The smallest absolute Gasteiger partial charge is 0.186 e. The van der Waals surface area contributed by atoms with Crippen LogP contribution in [0.5, 0.6) is 0 Å². The molecule has 0 aromatic carbocycles. The molecule has 1 aromatic rings. The molecule has 1 aliphatic carbocycles. The molecule has 120 valence electrons. The van der Waals surface area contributed by atoms with Crippen molar-refractivity contribution in [1.29, 1.82) is 0 Å². The number of rotatable bonds is 8. The predicted molar refractivity (Wildman–Crippen MR) is 93.4 cm³/mol. The summed E-state index contributed by atoms with van der Waals surface area (Å²) < 4.78 is 0. The van der Waals surface area contributed by atoms with Gasteiger partial charge >= 0.3 is 0 Å². The summed E-state index contributed by atoms with van der Waals surface area (Å²) in [4.78, 5) is 8.91. The average Bonchev–Trinajstić information content (AvgIpc) is 3.11. The Labute approximate surface area is 134 Å². The largest absolute Gasteiger partial charge is 0.345 e. The molecule has 0 unspecified atom stereocenters. The zero-order valence-corrected chi connectivity index (χ0v) is 15.3. The molecule has 0 aliphatic heterocycles. The second-order valence-electron chi connectivity index (χ2n) is 7.18. The van der Waals surface area contributed by atoms with E-state index >= 15 is 0 Å². The summed E-state index contributed by atoms with van der Waals surface area (Å²) in [6.45, 7) is 15.6. The highest BCUT2D eigenvalue weighted by Gasteiger charge is 2.28. The molecule has 0 bridgehead atoms. The van der Waals surface area contributed by atoms with E-state index in [1.165, 1.54) is 35.1 Å². The summed E-state index contributed by atoms with van der Waals surface area (Å²) >= 11 is 1.89. The first-order chi connectivity index (χ1) is 9.88. The van der Waals surface area contributed by atoms with Crippen LogP contribution in [0.4, 0.5) is 5.13 Å². The van der Waals surface area contributed by atoms with E-state index in [1.54, 1.807) is 0 Å². The third-order valence-corrected chi connectivity index (χ3v) is 5.06. The molecule has 1 saturated carbocycles. The van der Waals surface area contributed by atoms with Gasteiger partial charge in [-0.2, -0.15) is 0 Å². The van der Waals surface area contributed by atoms with E-state index in [0.717, 1.165) is 12.5 Å². The van der Waals surface area contributed by atoms with Crippen molar-refractivity contribution in [3.05, 3.63) is 10.6 Å². The van der Waals surface area contributed by atoms with Crippen LogP contribution in [-0.4, -0.2) is 23.6 Å². The molecular weight excluding hydrogens is 278 g/mol. The van der Waals surface area contributed by atoms with E-state index in [2.05, 4.69) is 51.8 Å². The maximum absolute atomic E-state index is 4.99. The molecule has 0 amide bonds. The van der Waals surface area contributed by atoms with E-state index in [4.69, 9.17) is 4.98 Å². The van der Waals surface area contributed by atoms with Crippen LogP contribution in [0.3, 0.4) is 0 Å². The van der Waals surface area contributed by atoms with Crippen molar-refractivity contribution in [2.75, 3.05) is 11.4 Å². The summed E-state index contributed by atoms with van der Waals surface area (Å²) in [5.41, 5.74) is 1.28. The molecule has 1 aromatic heterocycles. The SMILES string of the molecule is CC(C)NCc1sc(N(CC2CC2)C(C)C)nc1C(C)C. The molecular formula is C17H31N3S. The molecule has 1 heterocycles. The lowest BCUT2D eigenvalue weighted by Crippen LogP contribution is -2.32. The molecule has 4 heteroatoms. The zero-order chi connectivity index (χ0) is 15.6. The number of anilines is 1. The summed E-state index contributed by atoms with van der Waals surface area (Å²) in [5, 5.41) is 4.77. The minimum absolute atomic E-state index is 0.494. The molecule has 1 fully saturated rings. The van der Waals surface area contributed by atoms with Gasteiger partial charge in [0, 0.05) is 30.1 Å². The maximum atomic E-state index is 4.99. The monoisotopic (exact) mass is 309 g/mol. The van der Waals surface area contributed by atoms with Gasteiger partial charge in [0.2, 0.25) is 0 Å². The van der Waals surface area contributed by atoms with Crippen LogP contribution in [0.2, 0.25) is 0 Å². The van der Waals surface area contributed by atoms with Crippen molar-refractivity contribution in [2.24, 2.45) is 5.92 Å². The van der Waals surface area contributed by atoms with Gasteiger partial charge in [0.15, 0.2) is 5.13 Å². The van der Waals surface area contributed by atoms with Crippen LogP contribution in [0.25, 0.3) is 0 Å². The Bertz CT molecular complexity index is 447. The minimum atomic E-state index is 0.494. The molecule has 21 heavy (non-hydrogen) atoms. The van der Waals surface area contributed by atoms with Gasteiger partial charge in [0.25, 0.3) is 0 Å². The van der Waals surface area contributed by atoms with Crippen LogP contribution < -0.4 is 10.2 Å². The number of aromatic nitrogens is 1. The van der Waals surface area contributed by atoms with Gasteiger partial charge in [-0.3, -0.25) is 0 Å². The lowest BCUT2D eigenvalue weighted by atomic mass is 10.1. The molecule has 3 nitrogen and oxygen atoms in total. The normalized spacial score (nSPS) is 15.5. The minimum Gasteiger partial charge on any atom is -0.345 e. The second-order valence-corrected chi connectivity index (χ2v) is 8.25. The lowest BCUT2D eigenvalue weighted by molar-refractivity contribution is 0.588. The van der Waals surface area contributed by atoms with Crippen LogP contribution in [-0.2, 0) is 6.54 Å². The van der Waals surface area contributed by atoms with Crippen LogP contribution in [0.15, 0.2) is 0 Å². The Morgan fingerprint density at radius 1 is 1.19 bits per heavy atom. The highest BCUT2D eigenvalue weighted by molar-refractivity contribution is 7.15. The Hall–Kier alpha value is -0.610. The van der Waals surface area contributed by atoms with Gasteiger partial charge in [-0.15, -0.1) is 11.3 Å². The summed E-state index contributed by atoms with van der Waals surface area (Å²) in [7, 11) is 0. The van der Waals surface area contributed by atoms with Crippen molar-refractivity contribution in [2.45, 2.75) is 78.9 Å². The second kappa shape index (κ2) is 7.10. The highest BCUT2D eigenvalue weighted by atomic mass is 32.1. The first kappa shape index (κ1) is 16.8. The molecule has 1 aliphatic rings. The third-order valence-electron chi connectivity index (χ3n) is 3.95. The third kappa shape index (κ3) is 4.68. The van der Waals surface area contributed by atoms with E-state index in [-0.39, 0.29) is 0 Å². The Morgan fingerprint density at radius 3 is 2.33 bits per heavy atom. The number of hydrogen-bond acceptors (Lipinski definition) is 4. The van der Waals surface area contributed by atoms with Gasteiger partial charge in [-0.25, -0.2) is 4.98 Å². The van der Waals surface area contributed by atoms with Crippen molar-refractivity contribution >= 4 is 16.5 Å². The number of hydrogen-bond donors (Lipinski definition) is 1. The van der Waals surface area contributed by atoms with E-state index < -0.39 is 0 Å². The number of thiazole rings is 1. The summed E-state index contributed by atoms with van der Waals surface area (Å²) in [5.74, 6) is 1.39. The molecule has 0 radical (unpaired) electrons. The predicted octanol–water partition coefficient (Wildman–Crippen LogP) is 4.39. The van der Waals surface area contributed by atoms with Crippen molar-refractivity contribution in [1.82, 2.24) is 10.3 Å².